The van der Waals surface area contributed by atoms with Gasteiger partial charge in [-0.25, -0.2) is 9.59 Å². The van der Waals surface area contributed by atoms with Crippen molar-refractivity contribution in [2.45, 2.75) is 12.6 Å². The fourth-order valence-electron chi connectivity index (χ4n) is 1.49. The molecule has 0 aromatic heterocycles. The summed E-state index contributed by atoms with van der Waals surface area (Å²) >= 11 is 0. The summed E-state index contributed by atoms with van der Waals surface area (Å²) in [4.78, 5) is 23.4. The van der Waals surface area contributed by atoms with Gasteiger partial charge in [0.2, 0.25) is 0 Å². The van der Waals surface area contributed by atoms with Gasteiger partial charge in [-0.3, -0.25) is 0 Å². The molecule has 0 unspecified atom stereocenters. The number of nitriles is 1. The van der Waals surface area contributed by atoms with Crippen molar-refractivity contribution in [1.29, 1.82) is 5.26 Å². The molecule has 0 bridgehead atoms. The van der Waals surface area contributed by atoms with Gasteiger partial charge < -0.3 is 20.4 Å². The second kappa shape index (κ2) is 7.11. The smallest absolute Gasteiger partial charge is 0.334 e. The number of amides is 2. The number of carboxylic acid groups (broad SMARTS) is 1. The van der Waals surface area contributed by atoms with E-state index >= 15 is 0 Å². The molecule has 0 saturated heterocycles. The highest BCUT2D eigenvalue weighted by atomic mass is 16.4. The Morgan fingerprint density at radius 3 is 2.80 bits per heavy atom. The Bertz CT molecular complexity index is 539. The zero-order valence-corrected chi connectivity index (χ0v) is 10.9. The van der Waals surface area contributed by atoms with Crippen molar-refractivity contribution in [2.75, 3.05) is 13.6 Å². The first-order chi connectivity index (χ1) is 9.43. The minimum atomic E-state index is -1.63. The molecule has 1 rings (SSSR count). The van der Waals surface area contributed by atoms with Gasteiger partial charge in [-0.15, -0.1) is 0 Å². The van der Waals surface area contributed by atoms with Crippen LogP contribution in [0.3, 0.4) is 0 Å². The average Bonchev–Trinajstić information content (AvgIpc) is 2.44. The van der Waals surface area contributed by atoms with Gasteiger partial charge in [0.1, 0.15) is 0 Å². The molecule has 0 heterocycles. The lowest BCUT2D eigenvalue weighted by atomic mass is 10.1. The van der Waals surface area contributed by atoms with E-state index in [4.69, 9.17) is 15.5 Å². The quantitative estimate of drug-likeness (QED) is 0.708. The van der Waals surface area contributed by atoms with E-state index in [1.54, 1.807) is 24.3 Å². The summed E-state index contributed by atoms with van der Waals surface area (Å²) in [5.41, 5.74) is 1.28. The van der Waals surface area contributed by atoms with E-state index in [-0.39, 0.29) is 13.1 Å². The van der Waals surface area contributed by atoms with Crippen LogP contribution in [0, 0.1) is 11.3 Å². The predicted molar refractivity (Wildman–Crippen MR) is 69.7 cm³/mol. The second-order valence-electron chi connectivity index (χ2n) is 4.21. The molecule has 7 heteroatoms. The number of aliphatic hydroxyl groups is 1. The molecule has 1 atom stereocenters. The van der Waals surface area contributed by atoms with Crippen molar-refractivity contribution in [3.8, 4) is 6.07 Å². The molecule has 0 aliphatic carbocycles. The van der Waals surface area contributed by atoms with Crippen molar-refractivity contribution >= 4 is 12.0 Å². The summed E-state index contributed by atoms with van der Waals surface area (Å²) in [5, 5.41) is 28.6. The monoisotopic (exact) mass is 277 g/mol. The third kappa shape index (κ3) is 4.59. The first kappa shape index (κ1) is 15.5. The number of urea groups is 1. The average molecular weight is 277 g/mol. The van der Waals surface area contributed by atoms with E-state index in [2.05, 4.69) is 5.32 Å². The number of nitrogens with one attached hydrogen (secondary N) is 1. The van der Waals surface area contributed by atoms with Gasteiger partial charge in [-0.2, -0.15) is 5.26 Å². The van der Waals surface area contributed by atoms with Crippen molar-refractivity contribution in [2.24, 2.45) is 0 Å². The molecule has 1 aromatic rings. The molecule has 106 valence electrons. The van der Waals surface area contributed by atoms with E-state index in [0.29, 0.717) is 5.56 Å². The number of carboxylic acids is 1. The number of aliphatic hydroxyl groups excluding tert-OH is 1. The van der Waals surface area contributed by atoms with Gasteiger partial charge >= 0.3 is 12.0 Å². The van der Waals surface area contributed by atoms with Gasteiger partial charge in [0.15, 0.2) is 6.10 Å². The fourth-order valence-corrected chi connectivity index (χ4v) is 1.49. The highest BCUT2D eigenvalue weighted by Gasteiger charge is 2.16. The molecule has 2 amide bonds. The molecule has 0 radical (unpaired) electrons. The molecule has 0 saturated carbocycles. The topological polar surface area (TPSA) is 114 Å². The highest BCUT2D eigenvalue weighted by Crippen LogP contribution is 2.06. The number of benzene rings is 1. The zero-order chi connectivity index (χ0) is 15.1. The Balaban J connectivity index is 2.53. The molecule has 1 aromatic carbocycles. The van der Waals surface area contributed by atoms with E-state index < -0.39 is 18.1 Å². The van der Waals surface area contributed by atoms with Crippen LogP contribution < -0.4 is 5.32 Å². The molecular formula is C13H15N3O4. The van der Waals surface area contributed by atoms with E-state index in [0.717, 1.165) is 5.56 Å². The number of hydrogen-bond donors (Lipinski definition) is 3. The standard InChI is InChI=1S/C13H15N3O4/c1-16(13(20)15-7-11(17)12(18)19)8-10-4-2-3-9(5-10)6-14/h2-5,11,17H,7-8H2,1H3,(H,15,20)(H,18,19)/t11-/m0/s1. The maximum absolute atomic E-state index is 11.7. The van der Waals surface area contributed by atoms with Crippen LogP contribution in [0.1, 0.15) is 11.1 Å². The molecule has 0 aliphatic heterocycles. The van der Waals surface area contributed by atoms with Crippen molar-refractivity contribution < 1.29 is 19.8 Å². The van der Waals surface area contributed by atoms with Crippen LogP contribution in [0.5, 0.6) is 0 Å². The number of nitrogens with zero attached hydrogens (tertiary/aromatic N) is 2. The van der Waals surface area contributed by atoms with E-state index in [9.17, 15) is 9.59 Å². The maximum Gasteiger partial charge on any atom is 0.334 e. The fraction of sp³-hybridized carbons (Fsp3) is 0.308. The van der Waals surface area contributed by atoms with Crippen LogP contribution in [-0.4, -0.2) is 46.8 Å². The molecule has 3 N–H and O–H groups in total. The van der Waals surface area contributed by atoms with Gasteiger partial charge in [-0.05, 0) is 17.7 Å². The predicted octanol–water partition coefficient (Wildman–Crippen LogP) is 0.145. The number of carbonyl (C=O) groups excluding carboxylic acids is 1. The van der Waals surface area contributed by atoms with Gasteiger partial charge in [0.25, 0.3) is 0 Å². The third-order valence-corrected chi connectivity index (χ3v) is 2.55. The summed E-state index contributed by atoms with van der Waals surface area (Å²) < 4.78 is 0. The first-order valence-corrected chi connectivity index (χ1v) is 5.83. The van der Waals surface area contributed by atoms with Crippen molar-refractivity contribution in [3.63, 3.8) is 0 Å². The number of carbonyl (C=O) groups is 2. The SMILES string of the molecule is CN(Cc1cccc(C#N)c1)C(=O)NC[C@H](O)C(=O)O. The third-order valence-electron chi connectivity index (χ3n) is 2.55. The van der Waals surface area contributed by atoms with Crippen LogP contribution in [0.4, 0.5) is 4.79 Å². The first-order valence-electron chi connectivity index (χ1n) is 5.83. The highest BCUT2D eigenvalue weighted by molar-refractivity contribution is 5.76. The number of aliphatic carboxylic acids is 1. The summed E-state index contributed by atoms with van der Waals surface area (Å²) in [6.07, 6.45) is -1.63. The van der Waals surface area contributed by atoms with Crippen molar-refractivity contribution in [1.82, 2.24) is 10.2 Å². The summed E-state index contributed by atoms with van der Waals surface area (Å²) in [7, 11) is 1.53. The second-order valence-corrected chi connectivity index (χ2v) is 4.21. The van der Waals surface area contributed by atoms with E-state index in [1.165, 1.54) is 11.9 Å². The summed E-state index contributed by atoms with van der Waals surface area (Å²) in [6, 6.07) is 8.31. The molecule has 0 spiro atoms. The summed E-state index contributed by atoms with van der Waals surface area (Å²) in [6.45, 7) is -0.0960. The van der Waals surface area contributed by atoms with Gasteiger partial charge in [-0.1, -0.05) is 12.1 Å². The molecule has 20 heavy (non-hydrogen) atoms. The number of rotatable bonds is 5. The van der Waals surface area contributed by atoms with Crippen LogP contribution in [0.15, 0.2) is 24.3 Å². The van der Waals surface area contributed by atoms with E-state index in [1.807, 2.05) is 6.07 Å². The summed E-state index contributed by atoms with van der Waals surface area (Å²) in [5.74, 6) is -1.39. The normalized spacial score (nSPS) is 11.2. The minimum Gasteiger partial charge on any atom is -0.479 e. The minimum absolute atomic E-state index is 0.268. The Hall–Kier alpha value is -2.59. The molecule has 0 fully saturated rings. The Morgan fingerprint density at radius 1 is 1.50 bits per heavy atom. The zero-order valence-electron chi connectivity index (χ0n) is 10.9. The maximum atomic E-state index is 11.7. The Kier molecular flexibility index (Phi) is 5.50. The van der Waals surface area contributed by atoms with Crippen LogP contribution in [0.25, 0.3) is 0 Å². The molecule has 0 aliphatic rings. The largest absolute Gasteiger partial charge is 0.479 e. The van der Waals surface area contributed by atoms with Crippen molar-refractivity contribution in [3.05, 3.63) is 35.4 Å². The van der Waals surface area contributed by atoms with Gasteiger partial charge in [0.05, 0.1) is 18.2 Å². The van der Waals surface area contributed by atoms with Crippen LogP contribution >= 0.6 is 0 Å². The lowest BCUT2D eigenvalue weighted by Crippen LogP contribution is -2.42. The lowest BCUT2D eigenvalue weighted by molar-refractivity contribution is -0.146. The molecular weight excluding hydrogens is 262 g/mol. The van der Waals surface area contributed by atoms with Crippen LogP contribution in [-0.2, 0) is 11.3 Å². The van der Waals surface area contributed by atoms with Crippen LogP contribution in [0.2, 0.25) is 0 Å². The number of hydrogen-bond acceptors (Lipinski definition) is 4. The molecule has 7 nitrogen and oxygen atoms in total. The Labute approximate surface area is 116 Å². The Morgan fingerprint density at radius 2 is 2.20 bits per heavy atom. The lowest BCUT2D eigenvalue weighted by Gasteiger charge is -2.18. The van der Waals surface area contributed by atoms with Gasteiger partial charge in [0, 0.05) is 13.6 Å².